The topological polar surface area (TPSA) is 34.1 Å². The van der Waals surface area contributed by atoms with Crippen molar-refractivity contribution >= 4 is 11.6 Å². The summed E-state index contributed by atoms with van der Waals surface area (Å²) >= 11 is 0. The van der Waals surface area contributed by atoms with E-state index in [-0.39, 0.29) is 31.0 Å². The van der Waals surface area contributed by atoms with E-state index in [9.17, 15) is 9.59 Å². The number of carbonyl (C=O) groups is 2. The van der Waals surface area contributed by atoms with Gasteiger partial charge in [-0.05, 0) is 24.3 Å². The Labute approximate surface area is 89.5 Å². The van der Waals surface area contributed by atoms with E-state index in [1.165, 1.54) is 24.3 Å². The first kappa shape index (κ1) is 11.9. The molecule has 0 atom stereocenters. The second-order valence-electron chi connectivity index (χ2n) is 2.24. The van der Waals surface area contributed by atoms with Gasteiger partial charge in [-0.15, -0.1) is 0 Å². The van der Waals surface area contributed by atoms with Crippen LogP contribution in [-0.2, 0) is 29.1 Å². The minimum absolute atomic E-state index is 0. The number of allylic oxidation sites excluding steroid dienone is 8. The van der Waals surface area contributed by atoms with Crippen LogP contribution in [0.25, 0.3) is 0 Å². The number of hydrogen-bond donors (Lipinski definition) is 0. The first-order valence-electron chi connectivity index (χ1n) is 3.56. The Morgan fingerprint density at radius 3 is 0.923 bits per heavy atom. The van der Waals surface area contributed by atoms with Crippen LogP contribution < -0.4 is 0 Å². The molecule has 13 heavy (non-hydrogen) atoms. The van der Waals surface area contributed by atoms with Gasteiger partial charge in [0, 0.05) is 19.5 Å². The third kappa shape index (κ3) is 5.21. The van der Waals surface area contributed by atoms with Gasteiger partial charge in [-0.3, -0.25) is 9.59 Å². The van der Waals surface area contributed by atoms with Crippen LogP contribution in [0.2, 0.25) is 0 Å². The van der Waals surface area contributed by atoms with Crippen LogP contribution in [-0.4, -0.2) is 11.6 Å². The number of carbonyl (C=O) groups excluding carboxylic acids is 2. The summed E-state index contributed by atoms with van der Waals surface area (Å²) < 4.78 is 0. The molecule has 0 aromatic rings. The number of rotatable bonds is 0. The van der Waals surface area contributed by atoms with Crippen molar-refractivity contribution in [3.05, 3.63) is 48.6 Å². The SMILES string of the molecule is O=C1C=CC=C1.O=C1C=CC=C1.[Ru]. The summed E-state index contributed by atoms with van der Waals surface area (Å²) in [4.78, 5) is 20.1. The Hall–Kier alpha value is -1.08. The van der Waals surface area contributed by atoms with Crippen molar-refractivity contribution in [2.75, 3.05) is 0 Å². The van der Waals surface area contributed by atoms with Crippen molar-refractivity contribution in [3.8, 4) is 0 Å². The van der Waals surface area contributed by atoms with E-state index >= 15 is 0 Å². The number of ketones is 2. The van der Waals surface area contributed by atoms with Crippen LogP contribution in [0.4, 0.5) is 0 Å². The Morgan fingerprint density at radius 1 is 0.615 bits per heavy atom. The van der Waals surface area contributed by atoms with Gasteiger partial charge in [-0.2, -0.15) is 0 Å². The molecular weight excluding hydrogens is 253 g/mol. The van der Waals surface area contributed by atoms with Crippen LogP contribution in [0.15, 0.2) is 48.6 Å². The molecule has 0 aromatic carbocycles. The monoisotopic (exact) mass is 262 g/mol. The van der Waals surface area contributed by atoms with Crippen molar-refractivity contribution < 1.29 is 29.1 Å². The summed E-state index contributed by atoms with van der Waals surface area (Å²) in [5, 5.41) is 0. The molecule has 2 aliphatic carbocycles. The third-order valence-corrected chi connectivity index (χ3v) is 1.26. The van der Waals surface area contributed by atoms with Crippen LogP contribution >= 0.6 is 0 Å². The molecule has 0 bridgehead atoms. The molecule has 0 aromatic heterocycles. The summed E-state index contributed by atoms with van der Waals surface area (Å²) in [6.45, 7) is 0. The van der Waals surface area contributed by atoms with Crippen molar-refractivity contribution in [1.82, 2.24) is 0 Å². The van der Waals surface area contributed by atoms with Crippen molar-refractivity contribution in [1.29, 1.82) is 0 Å². The van der Waals surface area contributed by atoms with Gasteiger partial charge >= 0.3 is 0 Å². The fraction of sp³-hybridized carbons (Fsp3) is 0. The summed E-state index contributed by atoms with van der Waals surface area (Å²) in [5.41, 5.74) is 0. The summed E-state index contributed by atoms with van der Waals surface area (Å²) in [6.07, 6.45) is 13.0. The molecule has 0 N–H and O–H groups in total. The predicted octanol–water partition coefficient (Wildman–Crippen LogP) is 1.36. The van der Waals surface area contributed by atoms with Gasteiger partial charge in [0.05, 0.1) is 0 Å². The molecule has 0 fully saturated rings. The first-order valence-corrected chi connectivity index (χ1v) is 3.56. The van der Waals surface area contributed by atoms with Gasteiger partial charge in [-0.25, -0.2) is 0 Å². The first-order chi connectivity index (χ1) is 5.79. The largest absolute Gasteiger partial charge is 0.290 e. The Bertz CT molecular complexity index is 249. The van der Waals surface area contributed by atoms with E-state index in [0.29, 0.717) is 0 Å². The van der Waals surface area contributed by atoms with E-state index in [2.05, 4.69) is 0 Å². The molecule has 3 heteroatoms. The van der Waals surface area contributed by atoms with E-state index < -0.39 is 0 Å². The van der Waals surface area contributed by atoms with E-state index in [0.717, 1.165) is 0 Å². The molecule has 0 amide bonds. The fourth-order valence-electron chi connectivity index (χ4n) is 0.713. The summed E-state index contributed by atoms with van der Waals surface area (Å²) in [6, 6.07) is 0. The molecule has 0 spiro atoms. The van der Waals surface area contributed by atoms with Crippen LogP contribution in [0.3, 0.4) is 0 Å². The fourth-order valence-corrected chi connectivity index (χ4v) is 0.713. The summed E-state index contributed by atoms with van der Waals surface area (Å²) in [7, 11) is 0. The molecule has 0 heterocycles. The average molecular weight is 261 g/mol. The molecule has 68 valence electrons. The van der Waals surface area contributed by atoms with E-state index in [4.69, 9.17) is 0 Å². The van der Waals surface area contributed by atoms with Gasteiger partial charge in [-0.1, -0.05) is 24.3 Å². The molecule has 0 unspecified atom stereocenters. The second kappa shape index (κ2) is 6.44. The average Bonchev–Trinajstić information content (AvgIpc) is 2.63. The van der Waals surface area contributed by atoms with Crippen LogP contribution in [0.5, 0.6) is 0 Å². The zero-order valence-corrected chi connectivity index (χ0v) is 8.53. The van der Waals surface area contributed by atoms with Gasteiger partial charge < -0.3 is 0 Å². The van der Waals surface area contributed by atoms with Crippen LogP contribution in [0.1, 0.15) is 0 Å². The predicted molar refractivity (Wildman–Crippen MR) is 46.6 cm³/mol. The smallest absolute Gasteiger partial charge is 0.178 e. The van der Waals surface area contributed by atoms with Gasteiger partial charge in [0.15, 0.2) is 11.6 Å². The molecule has 2 rings (SSSR count). The summed E-state index contributed by atoms with van der Waals surface area (Å²) in [5.74, 6) is 0.185. The molecular formula is C10H8O2Ru. The van der Waals surface area contributed by atoms with Gasteiger partial charge in [0.1, 0.15) is 0 Å². The maximum absolute atomic E-state index is 10.1. The molecule has 0 radical (unpaired) electrons. The second-order valence-corrected chi connectivity index (χ2v) is 2.24. The minimum atomic E-state index is 0. The molecule has 2 nitrogen and oxygen atoms in total. The third-order valence-electron chi connectivity index (χ3n) is 1.26. The molecule has 0 saturated carbocycles. The van der Waals surface area contributed by atoms with Crippen molar-refractivity contribution in [3.63, 3.8) is 0 Å². The van der Waals surface area contributed by atoms with Crippen LogP contribution in [0, 0.1) is 0 Å². The minimum Gasteiger partial charge on any atom is -0.290 e. The molecule has 0 aliphatic heterocycles. The standard InChI is InChI=1S/2C5H4O.Ru/c2*6-5-3-1-2-4-5;/h2*1-4H;. The maximum Gasteiger partial charge on any atom is 0.178 e. The van der Waals surface area contributed by atoms with Crippen molar-refractivity contribution in [2.45, 2.75) is 0 Å². The normalized spacial score (nSPS) is 15.7. The quantitative estimate of drug-likeness (QED) is 0.617. The Balaban J connectivity index is 0.000000206. The molecule has 0 saturated heterocycles. The van der Waals surface area contributed by atoms with Crippen molar-refractivity contribution in [2.24, 2.45) is 0 Å². The molecule has 2 aliphatic rings. The Kier molecular flexibility index (Phi) is 5.91. The Morgan fingerprint density at radius 2 is 0.846 bits per heavy atom. The maximum atomic E-state index is 10.1. The van der Waals surface area contributed by atoms with Gasteiger partial charge in [0.25, 0.3) is 0 Å². The zero-order valence-electron chi connectivity index (χ0n) is 6.79. The number of hydrogen-bond acceptors (Lipinski definition) is 2. The zero-order chi connectivity index (χ0) is 8.81. The van der Waals surface area contributed by atoms with E-state index in [1.807, 2.05) is 0 Å². The van der Waals surface area contributed by atoms with Gasteiger partial charge in [0.2, 0.25) is 0 Å². The van der Waals surface area contributed by atoms with E-state index in [1.54, 1.807) is 24.3 Å².